The molecule has 0 spiro atoms. The topological polar surface area (TPSA) is 76.7 Å². The standard InChI is InChI=1S/C20H24N2O4/c1-3-25-18-11-9-17(10-12-18)22-19(23)13-14-21-16-7-5-15(6-8-16)20(24)26-4-2/h5-12,21H,3-4,13-14H2,1-2H3,(H,22,23). The lowest BCUT2D eigenvalue weighted by atomic mass is 10.2. The molecule has 0 aliphatic rings. The van der Waals surface area contributed by atoms with Crippen LogP contribution in [0.3, 0.4) is 0 Å². The Morgan fingerprint density at radius 3 is 2.15 bits per heavy atom. The van der Waals surface area contributed by atoms with E-state index in [1.54, 1.807) is 31.2 Å². The molecule has 0 heterocycles. The highest BCUT2D eigenvalue weighted by atomic mass is 16.5. The molecule has 138 valence electrons. The van der Waals surface area contributed by atoms with Crippen molar-refractivity contribution in [2.45, 2.75) is 20.3 Å². The number of esters is 1. The molecule has 0 aromatic heterocycles. The third-order valence-corrected chi connectivity index (χ3v) is 3.53. The summed E-state index contributed by atoms with van der Waals surface area (Å²) in [6.45, 7) is 5.14. The third kappa shape index (κ3) is 6.12. The number of nitrogens with one attached hydrogen (secondary N) is 2. The summed E-state index contributed by atoms with van der Waals surface area (Å²) in [6, 6.07) is 14.2. The van der Waals surface area contributed by atoms with Crippen LogP contribution in [0.5, 0.6) is 5.75 Å². The molecule has 2 aromatic rings. The van der Waals surface area contributed by atoms with Gasteiger partial charge in [-0.15, -0.1) is 0 Å². The molecule has 26 heavy (non-hydrogen) atoms. The molecule has 0 radical (unpaired) electrons. The van der Waals surface area contributed by atoms with Gasteiger partial charge in [-0.1, -0.05) is 0 Å². The second-order valence-corrected chi connectivity index (χ2v) is 5.48. The fourth-order valence-electron chi connectivity index (χ4n) is 2.28. The van der Waals surface area contributed by atoms with Crippen LogP contribution >= 0.6 is 0 Å². The minimum Gasteiger partial charge on any atom is -0.494 e. The smallest absolute Gasteiger partial charge is 0.338 e. The number of ether oxygens (including phenoxy) is 2. The molecule has 0 aliphatic heterocycles. The van der Waals surface area contributed by atoms with Crippen molar-refractivity contribution in [1.29, 1.82) is 0 Å². The summed E-state index contributed by atoms with van der Waals surface area (Å²) in [7, 11) is 0. The van der Waals surface area contributed by atoms with Gasteiger partial charge in [0.1, 0.15) is 5.75 Å². The van der Waals surface area contributed by atoms with Gasteiger partial charge in [0.05, 0.1) is 18.8 Å². The van der Waals surface area contributed by atoms with Crippen LogP contribution < -0.4 is 15.4 Å². The van der Waals surface area contributed by atoms with Gasteiger partial charge in [-0.2, -0.15) is 0 Å². The second kappa shape index (κ2) is 10.1. The number of rotatable bonds is 9. The van der Waals surface area contributed by atoms with Gasteiger partial charge in [-0.3, -0.25) is 4.79 Å². The van der Waals surface area contributed by atoms with Gasteiger partial charge < -0.3 is 20.1 Å². The SMILES string of the molecule is CCOC(=O)c1ccc(NCCC(=O)Nc2ccc(OCC)cc2)cc1. The van der Waals surface area contributed by atoms with Crippen molar-refractivity contribution in [1.82, 2.24) is 0 Å². The highest BCUT2D eigenvalue weighted by Crippen LogP contribution is 2.16. The highest BCUT2D eigenvalue weighted by Gasteiger charge is 2.06. The predicted molar refractivity (Wildman–Crippen MR) is 102 cm³/mol. The maximum atomic E-state index is 12.0. The van der Waals surface area contributed by atoms with E-state index in [-0.39, 0.29) is 11.9 Å². The number of hydrogen-bond acceptors (Lipinski definition) is 5. The fourth-order valence-corrected chi connectivity index (χ4v) is 2.28. The van der Waals surface area contributed by atoms with Crippen molar-refractivity contribution in [2.75, 3.05) is 30.4 Å². The van der Waals surface area contributed by atoms with E-state index in [1.165, 1.54) is 0 Å². The van der Waals surface area contributed by atoms with Crippen molar-refractivity contribution in [3.05, 3.63) is 54.1 Å². The van der Waals surface area contributed by atoms with Gasteiger partial charge in [0.15, 0.2) is 0 Å². The van der Waals surface area contributed by atoms with Gasteiger partial charge in [0.25, 0.3) is 0 Å². The summed E-state index contributed by atoms with van der Waals surface area (Å²) >= 11 is 0. The summed E-state index contributed by atoms with van der Waals surface area (Å²) in [6.07, 6.45) is 0.326. The normalized spacial score (nSPS) is 10.1. The molecule has 2 aromatic carbocycles. The summed E-state index contributed by atoms with van der Waals surface area (Å²) in [5.41, 5.74) is 2.08. The largest absolute Gasteiger partial charge is 0.494 e. The maximum Gasteiger partial charge on any atom is 0.338 e. The molecule has 1 amide bonds. The molecule has 0 atom stereocenters. The van der Waals surface area contributed by atoms with Gasteiger partial charge in [0.2, 0.25) is 5.91 Å². The lowest BCUT2D eigenvalue weighted by Gasteiger charge is -2.09. The summed E-state index contributed by atoms with van der Waals surface area (Å²) in [4.78, 5) is 23.6. The van der Waals surface area contributed by atoms with E-state index < -0.39 is 0 Å². The van der Waals surface area contributed by atoms with E-state index in [2.05, 4.69) is 10.6 Å². The Morgan fingerprint density at radius 2 is 1.54 bits per heavy atom. The summed E-state index contributed by atoms with van der Waals surface area (Å²) < 4.78 is 10.3. The van der Waals surface area contributed by atoms with Crippen molar-refractivity contribution in [3.8, 4) is 5.75 Å². The quantitative estimate of drug-likeness (QED) is 0.670. The fraction of sp³-hybridized carbons (Fsp3) is 0.300. The predicted octanol–water partition coefficient (Wildman–Crippen LogP) is 3.70. The second-order valence-electron chi connectivity index (χ2n) is 5.48. The minimum absolute atomic E-state index is 0.0789. The first-order valence-corrected chi connectivity index (χ1v) is 8.66. The van der Waals surface area contributed by atoms with E-state index in [1.807, 2.05) is 31.2 Å². The highest BCUT2D eigenvalue weighted by molar-refractivity contribution is 5.91. The average Bonchev–Trinajstić information content (AvgIpc) is 2.64. The van der Waals surface area contributed by atoms with Gasteiger partial charge >= 0.3 is 5.97 Å². The molecular weight excluding hydrogens is 332 g/mol. The first kappa shape index (κ1) is 19.3. The van der Waals surface area contributed by atoms with Gasteiger partial charge in [-0.05, 0) is 62.4 Å². The number of hydrogen-bond donors (Lipinski definition) is 2. The first-order chi connectivity index (χ1) is 12.6. The number of carbonyl (C=O) groups is 2. The molecule has 0 aliphatic carbocycles. The summed E-state index contributed by atoms with van der Waals surface area (Å²) in [5, 5.41) is 5.99. The number of anilines is 2. The van der Waals surface area contributed by atoms with E-state index in [9.17, 15) is 9.59 Å². The molecule has 6 heteroatoms. The Hall–Kier alpha value is -3.02. The van der Waals surface area contributed by atoms with Gasteiger partial charge in [-0.25, -0.2) is 4.79 Å². The zero-order valence-electron chi connectivity index (χ0n) is 15.1. The molecule has 2 rings (SSSR count). The molecule has 2 N–H and O–H groups in total. The number of benzene rings is 2. The van der Waals surface area contributed by atoms with Crippen molar-refractivity contribution in [3.63, 3.8) is 0 Å². The zero-order valence-corrected chi connectivity index (χ0v) is 15.1. The van der Waals surface area contributed by atoms with Crippen LogP contribution in [0.15, 0.2) is 48.5 Å². The van der Waals surface area contributed by atoms with Crippen LogP contribution in [0.4, 0.5) is 11.4 Å². The summed E-state index contributed by atoms with van der Waals surface area (Å²) in [5.74, 6) is 0.358. The molecular formula is C20H24N2O4. The van der Waals surface area contributed by atoms with Crippen LogP contribution in [0, 0.1) is 0 Å². The van der Waals surface area contributed by atoms with Crippen molar-refractivity contribution < 1.29 is 19.1 Å². The molecule has 0 unspecified atom stereocenters. The Labute approximate surface area is 153 Å². The zero-order chi connectivity index (χ0) is 18.8. The molecule has 0 fully saturated rings. The van der Waals surface area contributed by atoms with Crippen LogP contribution in [0.25, 0.3) is 0 Å². The van der Waals surface area contributed by atoms with E-state index >= 15 is 0 Å². The van der Waals surface area contributed by atoms with Crippen LogP contribution in [-0.2, 0) is 9.53 Å². The lowest BCUT2D eigenvalue weighted by Crippen LogP contribution is -2.16. The number of carbonyl (C=O) groups excluding carboxylic acids is 2. The van der Waals surface area contributed by atoms with E-state index in [4.69, 9.17) is 9.47 Å². The van der Waals surface area contributed by atoms with E-state index in [0.29, 0.717) is 31.7 Å². The number of amides is 1. The Kier molecular flexibility index (Phi) is 7.49. The van der Waals surface area contributed by atoms with Crippen LogP contribution in [0.1, 0.15) is 30.6 Å². The molecule has 0 saturated carbocycles. The van der Waals surface area contributed by atoms with Crippen molar-refractivity contribution in [2.24, 2.45) is 0 Å². The minimum atomic E-state index is -0.339. The molecule has 0 saturated heterocycles. The maximum absolute atomic E-state index is 12.0. The van der Waals surface area contributed by atoms with Crippen LogP contribution in [-0.4, -0.2) is 31.6 Å². The van der Waals surface area contributed by atoms with Crippen LogP contribution in [0.2, 0.25) is 0 Å². The third-order valence-electron chi connectivity index (χ3n) is 3.53. The van der Waals surface area contributed by atoms with E-state index in [0.717, 1.165) is 17.1 Å². The first-order valence-electron chi connectivity index (χ1n) is 8.66. The Bertz CT molecular complexity index is 712. The Morgan fingerprint density at radius 1 is 0.885 bits per heavy atom. The average molecular weight is 356 g/mol. The molecule has 0 bridgehead atoms. The Balaban J connectivity index is 1.74. The lowest BCUT2D eigenvalue weighted by molar-refractivity contribution is -0.115. The van der Waals surface area contributed by atoms with Crippen molar-refractivity contribution >= 4 is 23.3 Å². The monoisotopic (exact) mass is 356 g/mol. The molecule has 6 nitrogen and oxygen atoms in total. The van der Waals surface area contributed by atoms with Gasteiger partial charge in [0, 0.05) is 24.3 Å².